The van der Waals surface area contributed by atoms with Crippen LogP contribution in [-0.4, -0.2) is 85.1 Å². The molecule has 1 heterocycles. The topological polar surface area (TPSA) is 141 Å². The van der Waals surface area contributed by atoms with Crippen molar-refractivity contribution in [3.05, 3.63) is 42.0 Å². The van der Waals surface area contributed by atoms with Gasteiger partial charge in [-0.2, -0.15) is 30.6 Å². The number of sulfonamides is 1. The van der Waals surface area contributed by atoms with Crippen molar-refractivity contribution < 1.29 is 62.1 Å². The summed E-state index contributed by atoms with van der Waals surface area (Å²) in [5, 5.41) is -11.8. The van der Waals surface area contributed by atoms with Crippen LogP contribution < -0.4 is 4.74 Å². The number of fused-ring (bicyclic) bond motifs is 1. The Bertz CT molecular complexity index is 1610. The van der Waals surface area contributed by atoms with Gasteiger partial charge in [-0.15, -0.1) is 0 Å². The summed E-state index contributed by atoms with van der Waals surface area (Å²) in [4.78, 5) is 25.7. The summed E-state index contributed by atoms with van der Waals surface area (Å²) in [6.45, 7) is 0.964. The van der Waals surface area contributed by atoms with Gasteiger partial charge in [0.15, 0.2) is 10.1 Å². The fourth-order valence-corrected chi connectivity index (χ4v) is 6.33. The van der Waals surface area contributed by atoms with Crippen LogP contribution in [0.15, 0.2) is 36.4 Å². The third-order valence-corrected chi connectivity index (χ3v) is 10.2. The van der Waals surface area contributed by atoms with Gasteiger partial charge < -0.3 is 14.2 Å². The van der Waals surface area contributed by atoms with Crippen LogP contribution in [0.1, 0.15) is 51.0 Å². The molecule has 2 aromatic rings. The highest BCUT2D eigenvalue weighted by molar-refractivity contribution is 7.90. The Balaban J connectivity index is 1.52. The summed E-state index contributed by atoms with van der Waals surface area (Å²) >= 11 is 0. The average Bonchev–Trinajstić information content (AvgIpc) is 2.95. The maximum atomic E-state index is 14.2. The molecule has 44 heavy (non-hydrogen) atoms. The summed E-state index contributed by atoms with van der Waals surface area (Å²) in [5.74, 6) is -7.72. The van der Waals surface area contributed by atoms with E-state index in [2.05, 4.69) is 19.9 Å². The molecule has 1 fully saturated rings. The number of carbonyl (C=O) groups is 2. The third-order valence-electron chi connectivity index (χ3n) is 7.32. The predicted molar refractivity (Wildman–Crippen MR) is 144 cm³/mol. The summed E-state index contributed by atoms with van der Waals surface area (Å²) < 4.78 is 143. The lowest BCUT2D eigenvalue weighted by Crippen LogP contribution is -2.64. The second-order valence-electron chi connectivity index (χ2n) is 10.3. The zero-order chi connectivity index (χ0) is 33.3. The normalized spacial score (nSPS) is 16.6. The van der Waals surface area contributed by atoms with Crippen LogP contribution in [0.3, 0.4) is 0 Å². The Labute approximate surface area is 249 Å². The van der Waals surface area contributed by atoms with Crippen LogP contribution in [0.2, 0.25) is 0 Å². The monoisotopic (exact) mass is 675 g/mol. The summed E-state index contributed by atoms with van der Waals surface area (Å²) in [6.07, 6.45) is 0.528. The molecule has 0 N–H and O–H groups in total. The molecule has 0 saturated carbocycles. The first-order valence-electron chi connectivity index (χ1n) is 13.3. The van der Waals surface area contributed by atoms with Gasteiger partial charge in [-0.1, -0.05) is 38.1 Å². The molecule has 1 unspecified atom stereocenters. The highest BCUT2D eigenvalue weighted by atomic mass is 32.2. The molecular formula is C26H29F6N2O8S2-. The molecule has 2 aromatic carbocycles. The van der Waals surface area contributed by atoms with Gasteiger partial charge in [0.2, 0.25) is 5.91 Å². The van der Waals surface area contributed by atoms with Crippen molar-refractivity contribution in [3.63, 3.8) is 0 Å². The van der Waals surface area contributed by atoms with Crippen molar-refractivity contribution in [2.24, 2.45) is 0 Å². The van der Waals surface area contributed by atoms with E-state index < -0.39 is 74.6 Å². The van der Waals surface area contributed by atoms with Crippen LogP contribution in [0.25, 0.3) is 10.8 Å². The van der Waals surface area contributed by atoms with Crippen LogP contribution in [-0.2, 0) is 29.7 Å². The number of carbonyl (C=O) groups excluding carboxylic acids is 2. The summed E-state index contributed by atoms with van der Waals surface area (Å²) in [5.41, 5.74) is 1.18. The van der Waals surface area contributed by atoms with Crippen molar-refractivity contribution in [2.75, 3.05) is 26.2 Å². The zero-order valence-corrected chi connectivity index (χ0v) is 25.1. The fraction of sp³-hybridized carbons (Fsp3) is 0.538. The standard InChI is InChI=1S/C26H30F6N2O8S2/c1-3-17(2)18-7-8-20-16-21(10-9-19(20)15-18)42-23(36)6-4-5-22(35)33-11-13-34(14-12-33)43(37,38)25(29,30)24(27,28)26(31,32)44(39,40)41/h7-10,15-17H,3-6,11-14H2,1-2H3,(H,39,40,41)/p-1. The predicted octanol–water partition coefficient (Wildman–Crippen LogP) is 4.27. The van der Waals surface area contributed by atoms with Gasteiger partial charge in [-0.05, 0) is 47.2 Å². The van der Waals surface area contributed by atoms with Gasteiger partial charge in [0.25, 0.3) is 10.0 Å². The largest absolute Gasteiger partial charge is 0.743 e. The number of esters is 1. The lowest BCUT2D eigenvalue weighted by Gasteiger charge is -2.38. The molecule has 1 saturated heterocycles. The summed E-state index contributed by atoms with van der Waals surface area (Å²) in [6, 6.07) is 11.1. The molecule has 0 bridgehead atoms. The quantitative estimate of drug-likeness (QED) is 0.141. The van der Waals surface area contributed by atoms with Gasteiger partial charge in [-0.25, -0.2) is 16.8 Å². The third kappa shape index (κ3) is 6.82. The van der Waals surface area contributed by atoms with Gasteiger partial charge in [0, 0.05) is 39.0 Å². The fourth-order valence-electron chi connectivity index (χ4n) is 4.40. The Morgan fingerprint density at radius 1 is 0.886 bits per heavy atom. The molecule has 0 spiro atoms. The van der Waals surface area contributed by atoms with E-state index in [1.807, 2.05) is 18.2 Å². The number of benzene rings is 2. The minimum absolute atomic E-state index is 0.00886. The van der Waals surface area contributed by atoms with Crippen LogP contribution in [0.4, 0.5) is 26.3 Å². The van der Waals surface area contributed by atoms with E-state index >= 15 is 0 Å². The first kappa shape index (κ1) is 35.5. The second kappa shape index (κ2) is 12.8. The van der Waals surface area contributed by atoms with Crippen molar-refractivity contribution >= 4 is 42.8 Å². The number of ether oxygens (including phenoxy) is 1. The van der Waals surface area contributed by atoms with E-state index in [1.165, 1.54) is 5.56 Å². The maximum absolute atomic E-state index is 14.2. The highest BCUT2D eigenvalue weighted by Gasteiger charge is 2.80. The number of piperazine rings is 1. The number of nitrogens with zero attached hydrogens (tertiary/aromatic N) is 2. The molecule has 246 valence electrons. The van der Waals surface area contributed by atoms with E-state index in [0.717, 1.165) is 22.1 Å². The number of hydrogen-bond donors (Lipinski definition) is 0. The molecule has 1 aliphatic heterocycles. The molecule has 0 aromatic heterocycles. The van der Waals surface area contributed by atoms with Crippen LogP contribution in [0, 0.1) is 0 Å². The molecule has 3 rings (SSSR count). The van der Waals surface area contributed by atoms with Crippen molar-refractivity contribution in [2.45, 2.75) is 61.9 Å². The Morgan fingerprint density at radius 2 is 1.45 bits per heavy atom. The molecule has 1 amide bonds. The number of amides is 1. The van der Waals surface area contributed by atoms with Crippen LogP contribution >= 0.6 is 0 Å². The minimum Gasteiger partial charge on any atom is -0.743 e. The molecular weight excluding hydrogens is 646 g/mol. The van der Waals surface area contributed by atoms with E-state index in [1.54, 1.807) is 12.1 Å². The van der Waals surface area contributed by atoms with E-state index in [0.29, 0.717) is 5.92 Å². The van der Waals surface area contributed by atoms with E-state index in [9.17, 15) is 57.3 Å². The molecule has 10 nitrogen and oxygen atoms in total. The van der Waals surface area contributed by atoms with Crippen molar-refractivity contribution in [3.8, 4) is 5.75 Å². The minimum atomic E-state index is -7.38. The number of halogens is 6. The van der Waals surface area contributed by atoms with Gasteiger partial charge >= 0.3 is 22.4 Å². The van der Waals surface area contributed by atoms with E-state index in [4.69, 9.17) is 4.74 Å². The van der Waals surface area contributed by atoms with Crippen molar-refractivity contribution in [1.29, 1.82) is 0 Å². The molecule has 1 atom stereocenters. The van der Waals surface area contributed by atoms with Gasteiger partial charge in [0.05, 0.1) is 0 Å². The number of hydrogen-bond acceptors (Lipinski definition) is 8. The van der Waals surface area contributed by atoms with Crippen LogP contribution in [0.5, 0.6) is 5.75 Å². The van der Waals surface area contributed by atoms with Gasteiger partial charge in [-0.3, -0.25) is 9.59 Å². The lowest BCUT2D eigenvalue weighted by atomic mass is 9.96. The average molecular weight is 676 g/mol. The lowest BCUT2D eigenvalue weighted by molar-refractivity contribution is -0.247. The first-order chi connectivity index (χ1) is 20.2. The number of alkyl halides is 6. The smallest absolute Gasteiger partial charge is 0.428 e. The second-order valence-corrected chi connectivity index (χ2v) is 13.7. The first-order valence-corrected chi connectivity index (χ1v) is 16.1. The summed E-state index contributed by atoms with van der Waals surface area (Å²) in [7, 11) is -14.0. The van der Waals surface area contributed by atoms with E-state index in [-0.39, 0.29) is 29.3 Å². The molecule has 18 heteroatoms. The Morgan fingerprint density at radius 3 is 2.02 bits per heavy atom. The Hall–Kier alpha value is -2.96. The van der Waals surface area contributed by atoms with Crippen molar-refractivity contribution in [1.82, 2.24) is 9.21 Å². The molecule has 1 aliphatic rings. The number of rotatable bonds is 12. The zero-order valence-electron chi connectivity index (χ0n) is 23.4. The SMILES string of the molecule is CCC(C)c1ccc2cc(OC(=O)CCCC(=O)N3CCN(S(=O)(=O)C(F)(F)C(F)(F)C(F)(F)S(=O)(=O)[O-])CC3)ccc2c1. The maximum Gasteiger partial charge on any atom is 0.428 e. The highest BCUT2D eigenvalue weighted by Crippen LogP contribution is 2.51. The molecule has 0 radical (unpaired) electrons. The van der Waals surface area contributed by atoms with Gasteiger partial charge in [0.1, 0.15) is 5.75 Å². The Kier molecular flexibility index (Phi) is 10.3. The molecule has 0 aliphatic carbocycles.